The van der Waals surface area contributed by atoms with Gasteiger partial charge in [-0.3, -0.25) is 19.1 Å². The number of hydrogen-bond acceptors (Lipinski definition) is 8. The van der Waals surface area contributed by atoms with Crippen LogP contribution in [0.3, 0.4) is 0 Å². The number of aromatic nitrogens is 4. The SMILES string of the molecule is Cc1cccc(-c2ccc(-c3cc4cnc([S+](C)[O-])nc4n(CC(=O)N4CCN(C(=O)OC(C)(C)C)CC4)c3=O)c(C)c2)n1. The van der Waals surface area contributed by atoms with E-state index in [-0.39, 0.29) is 23.3 Å². The quantitative estimate of drug-likeness (QED) is 0.243. The van der Waals surface area contributed by atoms with E-state index in [4.69, 9.17) is 4.74 Å². The van der Waals surface area contributed by atoms with Crippen molar-refractivity contribution in [1.82, 2.24) is 29.3 Å². The Bertz CT molecular complexity index is 1790. The fourth-order valence-electron chi connectivity index (χ4n) is 5.15. The highest BCUT2D eigenvalue weighted by Crippen LogP contribution is 2.28. The van der Waals surface area contributed by atoms with E-state index in [1.807, 2.05) is 50.2 Å². The molecule has 230 valence electrons. The molecular formula is C32H36N6O5S. The molecular weight excluding hydrogens is 580 g/mol. The predicted octanol–water partition coefficient (Wildman–Crippen LogP) is 3.95. The van der Waals surface area contributed by atoms with Crippen molar-refractivity contribution in [3.63, 3.8) is 0 Å². The van der Waals surface area contributed by atoms with Crippen molar-refractivity contribution in [2.45, 2.75) is 51.9 Å². The third-order valence-electron chi connectivity index (χ3n) is 7.34. The molecule has 12 heteroatoms. The molecule has 3 aromatic heterocycles. The summed E-state index contributed by atoms with van der Waals surface area (Å²) in [6.07, 6.45) is 2.57. The highest BCUT2D eigenvalue weighted by Gasteiger charge is 2.28. The van der Waals surface area contributed by atoms with Crippen molar-refractivity contribution >= 4 is 34.2 Å². The Kier molecular flexibility index (Phi) is 8.76. The minimum absolute atomic E-state index is 0.0722. The number of pyridine rings is 2. The lowest BCUT2D eigenvalue weighted by molar-refractivity contribution is -0.133. The van der Waals surface area contributed by atoms with Gasteiger partial charge in [0.25, 0.3) is 5.56 Å². The molecule has 4 aromatic rings. The molecule has 1 aliphatic rings. The summed E-state index contributed by atoms with van der Waals surface area (Å²) >= 11 is -1.49. The summed E-state index contributed by atoms with van der Waals surface area (Å²) in [4.78, 5) is 56.6. The Morgan fingerprint density at radius 3 is 2.32 bits per heavy atom. The maximum Gasteiger partial charge on any atom is 0.410 e. The van der Waals surface area contributed by atoms with E-state index >= 15 is 0 Å². The minimum Gasteiger partial charge on any atom is -0.609 e. The van der Waals surface area contributed by atoms with Crippen LogP contribution in [0.25, 0.3) is 33.4 Å². The molecule has 5 rings (SSSR count). The van der Waals surface area contributed by atoms with E-state index < -0.39 is 28.4 Å². The zero-order chi connectivity index (χ0) is 31.8. The smallest absolute Gasteiger partial charge is 0.410 e. The van der Waals surface area contributed by atoms with Crippen molar-refractivity contribution in [2.24, 2.45) is 0 Å². The number of amides is 2. The molecule has 0 radical (unpaired) electrons. The lowest BCUT2D eigenvalue weighted by Crippen LogP contribution is -2.52. The Labute approximate surface area is 259 Å². The van der Waals surface area contributed by atoms with Gasteiger partial charge < -0.3 is 19.1 Å². The van der Waals surface area contributed by atoms with Gasteiger partial charge in [0.05, 0.1) is 5.69 Å². The number of piperazine rings is 1. The van der Waals surface area contributed by atoms with Crippen LogP contribution >= 0.6 is 0 Å². The molecule has 1 aromatic carbocycles. The lowest BCUT2D eigenvalue weighted by atomic mass is 9.97. The van der Waals surface area contributed by atoms with Crippen LogP contribution < -0.4 is 5.56 Å². The summed E-state index contributed by atoms with van der Waals surface area (Å²) in [5, 5.41) is 0.614. The van der Waals surface area contributed by atoms with Gasteiger partial charge in [0.2, 0.25) is 5.91 Å². The van der Waals surface area contributed by atoms with Crippen LogP contribution in [0.4, 0.5) is 4.79 Å². The molecule has 0 aliphatic carbocycles. The van der Waals surface area contributed by atoms with E-state index in [9.17, 15) is 18.9 Å². The number of hydrogen-bond donors (Lipinski definition) is 0. The van der Waals surface area contributed by atoms with Crippen molar-refractivity contribution in [3.8, 4) is 22.4 Å². The number of carbonyl (C=O) groups is 2. The van der Waals surface area contributed by atoms with Crippen LogP contribution in [-0.2, 0) is 27.3 Å². The fourth-order valence-corrected chi connectivity index (χ4v) is 5.57. The van der Waals surface area contributed by atoms with Crippen molar-refractivity contribution < 1.29 is 18.9 Å². The molecule has 4 heterocycles. The van der Waals surface area contributed by atoms with Gasteiger partial charge in [-0.15, -0.1) is 0 Å². The first-order chi connectivity index (χ1) is 20.8. The predicted molar refractivity (Wildman–Crippen MR) is 169 cm³/mol. The van der Waals surface area contributed by atoms with Crippen LogP contribution in [0.2, 0.25) is 0 Å². The van der Waals surface area contributed by atoms with Crippen LogP contribution in [0.15, 0.2) is 58.6 Å². The standard InChI is InChI=1S/C32H36N6O5S/c1-20-16-22(26-9-7-8-21(2)34-26)10-11-24(20)25-17-23-18-33-30(44(6)42)35-28(23)38(29(25)40)19-27(39)36-12-14-37(15-13-36)31(41)43-32(3,4)5/h7-11,16-18H,12-15,19H2,1-6H3. The van der Waals surface area contributed by atoms with E-state index in [1.165, 1.54) is 17.0 Å². The van der Waals surface area contributed by atoms with Gasteiger partial charge in [0.1, 0.15) is 18.4 Å². The van der Waals surface area contributed by atoms with E-state index in [0.717, 1.165) is 22.5 Å². The molecule has 1 aliphatic heterocycles. The molecule has 2 amide bonds. The summed E-state index contributed by atoms with van der Waals surface area (Å²) in [5.41, 5.74) is 3.87. The summed E-state index contributed by atoms with van der Waals surface area (Å²) in [6, 6.07) is 13.3. The zero-order valence-electron chi connectivity index (χ0n) is 25.8. The van der Waals surface area contributed by atoms with E-state index in [2.05, 4.69) is 15.0 Å². The molecule has 0 bridgehead atoms. The van der Waals surface area contributed by atoms with Gasteiger partial charge in [0, 0.05) is 65.8 Å². The van der Waals surface area contributed by atoms with Crippen molar-refractivity contribution in [1.29, 1.82) is 0 Å². The third-order valence-corrected chi connectivity index (χ3v) is 8.05. The average molecular weight is 617 g/mol. The molecule has 0 N–H and O–H groups in total. The van der Waals surface area contributed by atoms with E-state index in [1.54, 1.807) is 36.6 Å². The minimum atomic E-state index is -1.49. The van der Waals surface area contributed by atoms with Gasteiger partial charge in [0.15, 0.2) is 5.65 Å². The molecule has 1 atom stereocenters. The number of carbonyl (C=O) groups excluding carboxylic acids is 2. The Hall–Kier alpha value is -4.29. The highest BCUT2D eigenvalue weighted by atomic mass is 32.2. The lowest BCUT2D eigenvalue weighted by Gasteiger charge is -2.35. The number of benzene rings is 1. The molecule has 1 saturated heterocycles. The Balaban J connectivity index is 1.48. The second-order valence-corrected chi connectivity index (χ2v) is 13.2. The van der Waals surface area contributed by atoms with Crippen molar-refractivity contribution in [3.05, 3.63) is 70.3 Å². The Morgan fingerprint density at radius 2 is 1.68 bits per heavy atom. The van der Waals surface area contributed by atoms with Crippen LogP contribution in [0, 0.1) is 13.8 Å². The van der Waals surface area contributed by atoms with Gasteiger partial charge in [-0.1, -0.05) is 18.2 Å². The molecule has 1 fully saturated rings. The number of rotatable bonds is 5. The second-order valence-electron chi connectivity index (χ2n) is 11.9. The first-order valence-electron chi connectivity index (χ1n) is 14.4. The number of ether oxygens (including phenoxy) is 1. The summed E-state index contributed by atoms with van der Waals surface area (Å²) in [6.45, 7) is 10.3. The molecule has 44 heavy (non-hydrogen) atoms. The topological polar surface area (TPSA) is 134 Å². The number of fused-ring (bicyclic) bond motifs is 1. The zero-order valence-corrected chi connectivity index (χ0v) is 26.6. The normalized spacial score (nSPS) is 14.5. The summed E-state index contributed by atoms with van der Waals surface area (Å²) in [7, 11) is 0. The molecule has 11 nitrogen and oxygen atoms in total. The van der Waals surface area contributed by atoms with Gasteiger partial charge >= 0.3 is 11.2 Å². The van der Waals surface area contributed by atoms with E-state index in [0.29, 0.717) is 42.7 Å². The molecule has 0 saturated carbocycles. The first-order valence-corrected chi connectivity index (χ1v) is 15.9. The highest BCUT2D eigenvalue weighted by molar-refractivity contribution is 7.90. The number of nitrogens with zero attached hydrogens (tertiary/aromatic N) is 6. The first kappa shape index (κ1) is 31.1. The summed E-state index contributed by atoms with van der Waals surface area (Å²) in [5.74, 6) is -0.287. The molecule has 1 unspecified atom stereocenters. The summed E-state index contributed by atoms with van der Waals surface area (Å²) < 4.78 is 19.0. The second kappa shape index (κ2) is 12.4. The third kappa shape index (κ3) is 6.76. The molecule has 0 spiro atoms. The largest absolute Gasteiger partial charge is 0.609 e. The van der Waals surface area contributed by atoms with Gasteiger partial charge in [-0.25, -0.2) is 4.79 Å². The maximum atomic E-state index is 14.1. The Morgan fingerprint density at radius 1 is 0.977 bits per heavy atom. The van der Waals surface area contributed by atoms with Gasteiger partial charge in [-0.05, 0) is 70.0 Å². The monoisotopic (exact) mass is 616 g/mol. The fraction of sp³-hybridized carbons (Fsp3) is 0.375. The van der Waals surface area contributed by atoms with Crippen LogP contribution in [0.5, 0.6) is 0 Å². The van der Waals surface area contributed by atoms with Gasteiger partial charge in [-0.2, -0.15) is 9.97 Å². The average Bonchev–Trinajstić information content (AvgIpc) is 2.97. The van der Waals surface area contributed by atoms with Crippen molar-refractivity contribution in [2.75, 3.05) is 32.4 Å². The van der Waals surface area contributed by atoms with Crippen LogP contribution in [-0.4, -0.2) is 83.9 Å². The number of aryl methyl sites for hydroxylation is 2. The van der Waals surface area contributed by atoms with Crippen LogP contribution in [0.1, 0.15) is 32.0 Å². The maximum absolute atomic E-state index is 14.1.